The van der Waals surface area contributed by atoms with E-state index in [4.69, 9.17) is 0 Å². The average Bonchev–Trinajstić information content (AvgIpc) is 2.31. The predicted molar refractivity (Wildman–Crippen MR) is 45.1 cm³/mol. The molecule has 0 unspecified atom stereocenters. The highest BCUT2D eigenvalue weighted by Crippen LogP contribution is 2.23. The minimum absolute atomic E-state index is 0.0931. The highest BCUT2D eigenvalue weighted by molar-refractivity contribution is 7.12. The lowest BCUT2D eigenvalue weighted by atomic mass is 10.1. The van der Waals surface area contributed by atoms with Crippen LogP contribution in [0.25, 0.3) is 0 Å². The third-order valence-electron chi connectivity index (χ3n) is 1.81. The number of amides is 1. The number of thiophene rings is 1. The van der Waals surface area contributed by atoms with Gasteiger partial charge in [-0.2, -0.15) is 0 Å². The molecule has 58 valence electrons. The molecule has 1 aromatic heterocycles. The fraction of sp³-hybridized carbons (Fsp3) is 0.375. The van der Waals surface area contributed by atoms with Crippen LogP contribution in [0.4, 0.5) is 0 Å². The minimum atomic E-state index is 0.0931. The van der Waals surface area contributed by atoms with Crippen LogP contribution in [0.2, 0.25) is 0 Å². The second kappa shape index (κ2) is 2.34. The summed E-state index contributed by atoms with van der Waals surface area (Å²) in [6.07, 6.45) is 1.000. The van der Waals surface area contributed by atoms with E-state index in [9.17, 15) is 4.79 Å². The Labute approximate surface area is 69.2 Å². The Morgan fingerprint density at radius 3 is 3.18 bits per heavy atom. The lowest BCUT2D eigenvalue weighted by molar-refractivity contribution is 0.0947. The normalized spacial score (nSPS) is 15.9. The summed E-state index contributed by atoms with van der Waals surface area (Å²) < 4.78 is 0. The van der Waals surface area contributed by atoms with Gasteiger partial charge in [0.25, 0.3) is 5.91 Å². The van der Waals surface area contributed by atoms with E-state index < -0.39 is 0 Å². The van der Waals surface area contributed by atoms with Crippen LogP contribution in [-0.2, 0) is 6.42 Å². The van der Waals surface area contributed by atoms with E-state index in [1.165, 1.54) is 9.75 Å². The van der Waals surface area contributed by atoms with Crippen molar-refractivity contribution in [3.63, 3.8) is 0 Å². The largest absolute Gasteiger partial charge is 0.352 e. The molecule has 1 aliphatic rings. The molecule has 1 amide bonds. The van der Waals surface area contributed by atoms with E-state index in [-0.39, 0.29) is 5.91 Å². The Morgan fingerprint density at radius 1 is 1.64 bits per heavy atom. The standard InChI is InChI=1S/C8H9NOS/c1-5-4-6-7(11-5)2-3-9-8(6)10/h4H,2-3H2,1H3,(H,9,10). The first-order valence-corrected chi connectivity index (χ1v) is 4.46. The molecule has 0 aromatic carbocycles. The van der Waals surface area contributed by atoms with Crippen LogP contribution in [-0.4, -0.2) is 12.5 Å². The zero-order valence-corrected chi connectivity index (χ0v) is 7.12. The number of aryl methyl sites for hydroxylation is 1. The van der Waals surface area contributed by atoms with E-state index >= 15 is 0 Å². The number of fused-ring (bicyclic) bond motifs is 1. The summed E-state index contributed by atoms with van der Waals surface area (Å²) in [4.78, 5) is 13.7. The average molecular weight is 167 g/mol. The summed E-state index contributed by atoms with van der Waals surface area (Å²) in [5.74, 6) is 0.0931. The van der Waals surface area contributed by atoms with Crippen molar-refractivity contribution in [2.45, 2.75) is 13.3 Å². The van der Waals surface area contributed by atoms with Gasteiger partial charge in [0.15, 0.2) is 0 Å². The third-order valence-corrected chi connectivity index (χ3v) is 2.92. The van der Waals surface area contributed by atoms with Crippen LogP contribution < -0.4 is 5.32 Å². The number of carbonyl (C=O) groups excluding carboxylic acids is 1. The number of carbonyl (C=O) groups is 1. The zero-order chi connectivity index (χ0) is 7.84. The molecule has 3 heteroatoms. The maximum Gasteiger partial charge on any atom is 0.252 e. The van der Waals surface area contributed by atoms with Crippen molar-refractivity contribution in [3.05, 3.63) is 21.4 Å². The van der Waals surface area contributed by atoms with Crippen LogP contribution in [0.15, 0.2) is 6.07 Å². The molecular weight excluding hydrogens is 158 g/mol. The van der Waals surface area contributed by atoms with Crippen LogP contribution in [0.1, 0.15) is 20.1 Å². The molecule has 0 bridgehead atoms. The molecule has 1 N–H and O–H groups in total. The Hall–Kier alpha value is -0.830. The molecule has 0 saturated heterocycles. The summed E-state index contributed by atoms with van der Waals surface area (Å²) in [5, 5.41) is 2.82. The number of hydrogen-bond donors (Lipinski definition) is 1. The fourth-order valence-electron chi connectivity index (χ4n) is 1.33. The Kier molecular flexibility index (Phi) is 1.46. The molecular formula is C8H9NOS. The zero-order valence-electron chi connectivity index (χ0n) is 6.31. The van der Waals surface area contributed by atoms with Crippen molar-refractivity contribution in [2.75, 3.05) is 6.54 Å². The van der Waals surface area contributed by atoms with Crippen LogP contribution >= 0.6 is 11.3 Å². The summed E-state index contributed by atoms with van der Waals surface area (Å²) in [6.45, 7) is 2.84. The molecule has 0 aliphatic carbocycles. The van der Waals surface area contributed by atoms with Gasteiger partial charge in [-0.3, -0.25) is 4.79 Å². The van der Waals surface area contributed by atoms with Crippen molar-refractivity contribution in [2.24, 2.45) is 0 Å². The van der Waals surface area contributed by atoms with Crippen LogP contribution in [0.3, 0.4) is 0 Å². The van der Waals surface area contributed by atoms with Crippen molar-refractivity contribution >= 4 is 17.2 Å². The van der Waals surface area contributed by atoms with Crippen LogP contribution in [0, 0.1) is 6.92 Å². The molecule has 2 heterocycles. The maximum absolute atomic E-state index is 11.2. The van der Waals surface area contributed by atoms with Crippen molar-refractivity contribution < 1.29 is 4.79 Å². The van der Waals surface area contributed by atoms with Gasteiger partial charge >= 0.3 is 0 Å². The summed E-state index contributed by atoms with van der Waals surface area (Å²) in [5.41, 5.74) is 0.888. The summed E-state index contributed by atoms with van der Waals surface area (Å²) >= 11 is 1.73. The topological polar surface area (TPSA) is 29.1 Å². The number of nitrogens with one attached hydrogen (secondary N) is 1. The Bertz CT molecular complexity index is 303. The van der Waals surface area contributed by atoms with Crippen molar-refractivity contribution in [1.29, 1.82) is 0 Å². The molecule has 0 spiro atoms. The molecule has 11 heavy (non-hydrogen) atoms. The molecule has 0 radical (unpaired) electrons. The van der Waals surface area contributed by atoms with Gasteiger partial charge in [0, 0.05) is 16.3 Å². The highest BCUT2D eigenvalue weighted by atomic mass is 32.1. The third kappa shape index (κ3) is 1.05. The first kappa shape index (κ1) is 6.85. The van der Waals surface area contributed by atoms with Gasteiger partial charge in [-0.25, -0.2) is 0 Å². The SMILES string of the molecule is Cc1cc2c(s1)CCNC2=O. The van der Waals surface area contributed by atoms with Crippen LogP contribution in [0.5, 0.6) is 0 Å². The van der Waals surface area contributed by atoms with Gasteiger partial charge in [0.2, 0.25) is 0 Å². The fourth-order valence-corrected chi connectivity index (χ4v) is 2.36. The number of hydrogen-bond acceptors (Lipinski definition) is 2. The molecule has 1 aliphatic heterocycles. The van der Waals surface area contributed by atoms with E-state index in [1.54, 1.807) is 11.3 Å². The minimum Gasteiger partial charge on any atom is -0.352 e. The highest BCUT2D eigenvalue weighted by Gasteiger charge is 2.18. The first-order valence-electron chi connectivity index (χ1n) is 3.65. The Morgan fingerprint density at radius 2 is 2.45 bits per heavy atom. The molecule has 1 aromatic rings. The van der Waals surface area contributed by atoms with E-state index in [0.717, 1.165) is 18.5 Å². The molecule has 2 rings (SSSR count). The first-order chi connectivity index (χ1) is 5.27. The van der Waals surface area contributed by atoms with E-state index in [2.05, 4.69) is 5.32 Å². The molecule has 2 nitrogen and oxygen atoms in total. The maximum atomic E-state index is 11.2. The van der Waals surface area contributed by atoms with Gasteiger partial charge < -0.3 is 5.32 Å². The smallest absolute Gasteiger partial charge is 0.252 e. The van der Waals surface area contributed by atoms with Gasteiger partial charge in [-0.15, -0.1) is 11.3 Å². The quantitative estimate of drug-likeness (QED) is 0.620. The lowest BCUT2D eigenvalue weighted by Crippen LogP contribution is -2.30. The van der Waals surface area contributed by atoms with Crippen molar-refractivity contribution in [1.82, 2.24) is 5.32 Å². The summed E-state index contributed by atoms with van der Waals surface area (Å²) in [6, 6.07) is 1.97. The molecule has 0 saturated carbocycles. The second-order valence-electron chi connectivity index (χ2n) is 2.70. The molecule has 0 fully saturated rings. The van der Waals surface area contributed by atoms with Crippen molar-refractivity contribution in [3.8, 4) is 0 Å². The Balaban J connectivity index is 2.52. The summed E-state index contributed by atoms with van der Waals surface area (Å²) in [7, 11) is 0. The van der Waals surface area contributed by atoms with Gasteiger partial charge in [0.1, 0.15) is 0 Å². The lowest BCUT2D eigenvalue weighted by Gasteiger charge is -2.10. The predicted octanol–water partition coefficient (Wildman–Crippen LogP) is 1.34. The van der Waals surface area contributed by atoms with Gasteiger partial charge in [0.05, 0.1) is 5.56 Å². The monoisotopic (exact) mass is 167 g/mol. The van der Waals surface area contributed by atoms with Gasteiger partial charge in [-0.05, 0) is 19.4 Å². The molecule has 0 atom stereocenters. The van der Waals surface area contributed by atoms with E-state index in [0.29, 0.717) is 0 Å². The van der Waals surface area contributed by atoms with E-state index in [1.807, 2.05) is 13.0 Å². The second-order valence-corrected chi connectivity index (χ2v) is 4.04. The van der Waals surface area contributed by atoms with Gasteiger partial charge in [-0.1, -0.05) is 0 Å². The number of rotatable bonds is 0.